The Labute approximate surface area is 294 Å². The minimum absolute atomic E-state index is 0.0943. The molecule has 4 atom stereocenters. The number of ether oxygens (including phenoxy) is 2. The molecule has 0 aliphatic heterocycles. The molecule has 0 amide bonds. The second kappa shape index (κ2) is 15.1. The van der Waals surface area contributed by atoms with E-state index in [1.807, 2.05) is 72.8 Å². The predicted molar refractivity (Wildman–Crippen MR) is 200 cm³/mol. The van der Waals surface area contributed by atoms with E-state index in [9.17, 15) is 9.59 Å². The van der Waals surface area contributed by atoms with Crippen molar-refractivity contribution in [2.75, 3.05) is 0 Å². The van der Waals surface area contributed by atoms with Gasteiger partial charge in [-0.3, -0.25) is 11.5 Å². The summed E-state index contributed by atoms with van der Waals surface area (Å²) >= 11 is 0. The topological polar surface area (TPSA) is 105 Å². The minimum Gasteiger partial charge on any atom is -0.431 e. The van der Waals surface area contributed by atoms with Crippen molar-refractivity contribution in [1.29, 1.82) is 0 Å². The smallest absolute Gasteiger partial charge is 0.419 e. The Kier molecular flexibility index (Phi) is 10.4. The predicted octanol–water partition coefficient (Wildman–Crippen LogP) is 9.17. The molecule has 254 valence electrons. The van der Waals surface area contributed by atoms with E-state index >= 15 is 0 Å². The first-order valence-corrected chi connectivity index (χ1v) is 17.3. The third-order valence-corrected chi connectivity index (χ3v) is 9.85. The normalized spacial score (nSPS) is 15.0. The molecule has 6 aromatic rings. The summed E-state index contributed by atoms with van der Waals surface area (Å²) in [6, 6.07) is 47.2. The van der Waals surface area contributed by atoms with Crippen molar-refractivity contribution in [2.45, 2.75) is 62.8 Å². The highest BCUT2D eigenvalue weighted by Crippen LogP contribution is 2.36. The largest absolute Gasteiger partial charge is 0.431 e. The summed E-state index contributed by atoms with van der Waals surface area (Å²) < 4.78 is 11.8. The molecule has 0 saturated heterocycles. The first kappa shape index (κ1) is 34.6. The number of benzene rings is 6. The van der Waals surface area contributed by atoms with Gasteiger partial charge in [-0.15, -0.1) is 0 Å². The average Bonchev–Trinajstić information content (AvgIpc) is 3.16. The zero-order valence-corrected chi connectivity index (χ0v) is 28.6. The van der Waals surface area contributed by atoms with Gasteiger partial charge in [0.05, 0.1) is 0 Å². The SMILES string of the molecule is CC(CCC(N)(OC(=O)C(=O)OC(N)(CCC(C)c1cccc2ccccc12)c1ccccc1)c1ccccc1)c1cccc2ccccc12. The quantitative estimate of drug-likeness (QED) is 0.0768. The Hall–Kier alpha value is -5.30. The van der Waals surface area contributed by atoms with E-state index in [-0.39, 0.29) is 24.7 Å². The molecular formula is C44H44N2O4. The number of carbonyl (C=O) groups is 2. The van der Waals surface area contributed by atoms with Crippen molar-refractivity contribution in [3.8, 4) is 0 Å². The van der Waals surface area contributed by atoms with Gasteiger partial charge in [-0.1, -0.05) is 159 Å². The number of esters is 2. The van der Waals surface area contributed by atoms with Crippen molar-refractivity contribution in [3.05, 3.63) is 168 Å². The van der Waals surface area contributed by atoms with E-state index in [1.165, 1.54) is 21.9 Å². The molecule has 4 N–H and O–H groups in total. The Morgan fingerprint density at radius 1 is 0.500 bits per heavy atom. The minimum atomic E-state index is -1.58. The standard InChI is InChI=1S/C44H44N2O4/c1-31(37-25-13-17-33-15-9-11-23-39(33)37)27-29-43(45,35-19-5-3-6-20-35)49-41(47)42(48)50-44(46,36-21-7-4-8-22-36)30-28-32(2)38-26-14-18-34-16-10-12-24-40(34)38/h3-26,31-32H,27-30,45-46H2,1-2H3. The Morgan fingerprint density at radius 3 is 1.24 bits per heavy atom. The molecular weight excluding hydrogens is 620 g/mol. The highest BCUT2D eigenvalue weighted by Gasteiger charge is 2.39. The summed E-state index contributed by atoms with van der Waals surface area (Å²) in [5.74, 6) is -2.20. The van der Waals surface area contributed by atoms with Gasteiger partial charge < -0.3 is 9.47 Å². The number of nitrogens with two attached hydrogens (primary N) is 2. The second-order valence-electron chi connectivity index (χ2n) is 13.3. The molecule has 0 fully saturated rings. The monoisotopic (exact) mass is 664 g/mol. The van der Waals surface area contributed by atoms with Crippen LogP contribution in [0.4, 0.5) is 0 Å². The maximum Gasteiger partial charge on any atom is 0.419 e. The number of hydrogen-bond donors (Lipinski definition) is 2. The van der Waals surface area contributed by atoms with Crippen molar-refractivity contribution in [3.63, 3.8) is 0 Å². The van der Waals surface area contributed by atoms with Crippen molar-refractivity contribution in [1.82, 2.24) is 0 Å². The van der Waals surface area contributed by atoms with Crippen LogP contribution in [0, 0.1) is 0 Å². The lowest BCUT2D eigenvalue weighted by Crippen LogP contribution is -2.47. The van der Waals surface area contributed by atoms with Crippen LogP contribution in [0.15, 0.2) is 146 Å². The van der Waals surface area contributed by atoms with Crippen molar-refractivity contribution in [2.24, 2.45) is 11.5 Å². The maximum absolute atomic E-state index is 13.6. The van der Waals surface area contributed by atoms with Crippen LogP contribution in [0.1, 0.15) is 73.6 Å². The van der Waals surface area contributed by atoms with Crippen LogP contribution in [0.3, 0.4) is 0 Å². The molecule has 0 heterocycles. The lowest BCUT2D eigenvalue weighted by Gasteiger charge is -2.33. The first-order valence-electron chi connectivity index (χ1n) is 17.3. The third-order valence-electron chi connectivity index (χ3n) is 9.85. The van der Waals surface area contributed by atoms with Crippen LogP contribution in [0.2, 0.25) is 0 Å². The van der Waals surface area contributed by atoms with Crippen LogP contribution in [-0.2, 0) is 30.5 Å². The number of rotatable bonds is 12. The van der Waals surface area contributed by atoms with E-state index in [4.69, 9.17) is 20.9 Å². The summed E-state index contributed by atoms with van der Waals surface area (Å²) in [6.45, 7) is 4.26. The number of fused-ring (bicyclic) bond motifs is 2. The van der Waals surface area contributed by atoms with Crippen LogP contribution < -0.4 is 11.5 Å². The van der Waals surface area contributed by atoms with Gasteiger partial charge in [-0.05, 0) is 57.3 Å². The highest BCUT2D eigenvalue weighted by molar-refractivity contribution is 6.29. The van der Waals surface area contributed by atoms with Crippen LogP contribution >= 0.6 is 0 Å². The first-order chi connectivity index (χ1) is 24.2. The molecule has 6 aromatic carbocycles. The molecule has 0 aromatic heterocycles. The van der Waals surface area contributed by atoms with Gasteiger partial charge in [-0.25, -0.2) is 9.59 Å². The summed E-state index contributed by atoms with van der Waals surface area (Å²) in [5.41, 5.74) is 14.2. The number of carbonyl (C=O) groups excluding carboxylic acids is 2. The van der Waals surface area contributed by atoms with Gasteiger partial charge in [0.2, 0.25) is 0 Å². The lowest BCUT2D eigenvalue weighted by atomic mass is 9.87. The van der Waals surface area contributed by atoms with E-state index < -0.39 is 23.4 Å². The van der Waals surface area contributed by atoms with Crippen LogP contribution in [0.25, 0.3) is 21.5 Å². The molecule has 0 bridgehead atoms. The third kappa shape index (κ3) is 7.62. The van der Waals surface area contributed by atoms with Gasteiger partial charge in [0.1, 0.15) is 0 Å². The highest BCUT2D eigenvalue weighted by atomic mass is 16.6. The van der Waals surface area contributed by atoms with Gasteiger partial charge in [0.25, 0.3) is 0 Å². The lowest BCUT2D eigenvalue weighted by molar-refractivity contribution is -0.188. The fourth-order valence-corrected chi connectivity index (χ4v) is 6.90. The van der Waals surface area contributed by atoms with Crippen LogP contribution in [0.5, 0.6) is 0 Å². The molecule has 50 heavy (non-hydrogen) atoms. The van der Waals surface area contributed by atoms with Gasteiger partial charge >= 0.3 is 11.9 Å². The van der Waals surface area contributed by atoms with E-state index in [1.54, 1.807) is 24.3 Å². The van der Waals surface area contributed by atoms with Crippen LogP contribution in [-0.4, -0.2) is 11.9 Å². The summed E-state index contributed by atoms with van der Waals surface area (Å²) in [4.78, 5) is 27.2. The fraction of sp³-hybridized carbons (Fsp3) is 0.227. The molecule has 6 nitrogen and oxygen atoms in total. The zero-order valence-electron chi connectivity index (χ0n) is 28.6. The van der Waals surface area contributed by atoms with E-state index in [0.29, 0.717) is 24.0 Å². The maximum atomic E-state index is 13.6. The Morgan fingerprint density at radius 2 is 0.840 bits per heavy atom. The summed E-state index contributed by atoms with van der Waals surface area (Å²) in [5, 5.41) is 4.65. The number of hydrogen-bond acceptors (Lipinski definition) is 6. The molecule has 4 unspecified atom stereocenters. The van der Waals surface area contributed by atoms with Gasteiger partial charge in [0.15, 0.2) is 11.4 Å². The molecule has 6 rings (SSSR count). The Balaban J connectivity index is 1.20. The average molecular weight is 665 g/mol. The molecule has 6 heteroatoms. The summed E-state index contributed by atoms with van der Waals surface area (Å²) in [6.07, 6.45) is 1.74. The molecule has 0 spiro atoms. The molecule has 0 radical (unpaired) electrons. The van der Waals surface area contributed by atoms with E-state index in [2.05, 4.69) is 62.4 Å². The zero-order chi connectivity index (χ0) is 35.1. The van der Waals surface area contributed by atoms with Gasteiger partial charge in [-0.2, -0.15) is 0 Å². The molecule has 0 saturated carbocycles. The summed E-state index contributed by atoms with van der Waals surface area (Å²) in [7, 11) is 0. The van der Waals surface area contributed by atoms with Crippen molar-refractivity contribution < 1.29 is 19.1 Å². The Bertz CT molecular complexity index is 1920. The fourth-order valence-electron chi connectivity index (χ4n) is 6.90. The van der Waals surface area contributed by atoms with Gasteiger partial charge in [0, 0.05) is 24.0 Å². The van der Waals surface area contributed by atoms with Crippen molar-refractivity contribution >= 4 is 33.5 Å². The second-order valence-corrected chi connectivity index (χ2v) is 13.3. The van der Waals surface area contributed by atoms with E-state index in [0.717, 1.165) is 10.8 Å². The molecule has 0 aliphatic carbocycles. The molecule has 0 aliphatic rings.